The predicted octanol–water partition coefficient (Wildman–Crippen LogP) is 9.06. The van der Waals surface area contributed by atoms with Crippen LogP contribution in [0.1, 0.15) is 133 Å². The Morgan fingerprint density at radius 1 is 0.733 bits per heavy atom. The highest BCUT2D eigenvalue weighted by Crippen LogP contribution is 2.48. The van der Waals surface area contributed by atoms with Crippen molar-refractivity contribution in [2.45, 2.75) is 123 Å². The number of benzene rings is 3. The Labute approximate surface area is 352 Å². The molecule has 5 atom stereocenters. The molecule has 60 heavy (non-hydrogen) atoms. The number of fused-ring (bicyclic) bond motifs is 2. The van der Waals surface area contributed by atoms with E-state index in [9.17, 15) is 14.4 Å². The molecule has 0 spiro atoms. The topological polar surface area (TPSA) is 149 Å². The van der Waals surface area contributed by atoms with E-state index in [1.54, 1.807) is 0 Å². The molecule has 318 valence electrons. The molecule has 0 bridgehead atoms. The van der Waals surface area contributed by atoms with Gasteiger partial charge in [0.15, 0.2) is 0 Å². The van der Waals surface area contributed by atoms with Gasteiger partial charge in [0.2, 0.25) is 11.8 Å². The molecule has 13 heteroatoms. The smallest absolute Gasteiger partial charge is 0.407 e. The first-order valence-electron chi connectivity index (χ1n) is 21.9. The molecule has 13 nitrogen and oxygen atoms in total. The number of methoxy groups -OCH3 is 1. The third kappa shape index (κ3) is 8.27. The first kappa shape index (κ1) is 41.2. The Morgan fingerprint density at radius 2 is 1.28 bits per heavy atom. The SMILES string of the molecule is COC(=O)N[C@H](C(=O)N1CCC[C@H]1c1nc2ccc([C@H]3CC[C@H](c4ccc5nc([C@@H]6CCCN6C(=O)CC(C)C)[nH]c5c4)N3c3ccc(OC(C)C)cc3)cc2[nH]1)C(C)C. The van der Waals surface area contributed by atoms with E-state index in [2.05, 4.69) is 94.7 Å². The zero-order chi connectivity index (χ0) is 42.2. The van der Waals surface area contributed by atoms with Crippen molar-refractivity contribution in [3.8, 4) is 5.75 Å². The maximum Gasteiger partial charge on any atom is 0.407 e. The lowest BCUT2D eigenvalue weighted by atomic mass is 10.0. The summed E-state index contributed by atoms with van der Waals surface area (Å²) < 4.78 is 10.9. The second kappa shape index (κ2) is 17.2. The van der Waals surface area contributed by atoms with E-state index in [1.165, 1.54) is 18.2 Å². The average molecular weight is 817 g/mol. The third-order valence-corrected chi connectivity index (χ3v) is 12.4. The number of H-pyrrole nitrogens is 2. The highest BCUT2D eigenvalue weighted by molar-refractivity contribution is 5.87. The number of carbonyl (C=O) groups is 3. The molecule has 3 fully saturated rings. The minimum Gasteiger partial charge on any atom is -0.491 e. The zero-order valence-electron chi connectivity index (χ0n) is 36.0. The highest BCUT2D eigenvalue weighted by Gasteiger charge is 2.39. The number of ether oxygens (including phenoxy) is 2. The third-order valence-electron chi connectivity index (χ3n) is 12.4. The van der Waals surface area contributed by atoms with Crippen molar-refractivity contribution in [3.05, 3.63) is 83.4 Å². The molecule has 3 aromatic carbocycles. The van der Waals surface area contributed by atoms with E-state index in [4.69, 9.17) is 19.4 Å². The van der Waals surface area contributed by atoms with Crippen molar-refractivity contribution in [2.24, 2.45) is 11.8 Å². The summed E-state index contributed by atoms with van der Waals surface area (Å²) in [6, 6.07) is 20.8. The van der Waals surface area contributed by atoms with Crippen LogP contribution in [0.15, 0.2) is 60.7 Å². The van der Waals surface area contributed by atoms with Gasteiger partial charge in [-0.15, -0.1) is 0 Å². The van der Waals surface area contributed by atoms with E-state index in [0.717, 1.165) is 90.2 Å². The fraction of sp³-hybridized carbons (Fsp3) is 0.511. The fourth-order valence-corrected chi connectivity index (χ4v) is 9.63. The van der Waals surface area contributed by atoms with Crippen LogP contribution in [0, 0.1) is 11.8 Å². The molecule has 3 saturated heterocycles. The summed E-state index contributed by atoms with van der Waals surface area (Å²) >= 11 is 0. The number of nitrogens with one attached hydrogen (secondary N) is 3. The Balaban J connectivity index is 1.09. The molecule has 5 aromatic rings. The standard InChI is InChI=1S/C47H60N8O5/c1-27(2)24-42(56)53-22-8-10-40(53)44-48-34-18-12-30(25-36(34)50-44)38-20-21-39(55(38)32-14-16-33(17-15-32)60-29(5)6)31-13-19-35-37(26-31)51-45(49-35)41-11-9-23-54(41)46(57)43(28(3)4)52-47(58)59-7/h12-19,25-29,38-41,43H,8-11,20-24H2,1-7H3,(H,48,50)(H,49,51)(H,52,58)/t38-,39-,40+,41+,43+/m1/s1. The first-order chi connectivity index (χ1) is 28.9. The summed E-state index contributed by atoms with van der Waals surface area (Å²) in [6.07, 6.45) is 5.43. The van der Waals surface area contributed by atoms with Gasteiger partial charge in [-0.05, 0) is 124 Å². The van der Waals surface area contributed by atoms with Gasteiger partial charge in [0.1, 0.15) is 23.4 Å². The van der Waals surface area contributed by atoms with Crippen LogP contribution in [0.2, 0.25) is 0 Å². The molecule has 3 N–H and O–H groups in total. The molecule has 5 heterocycles. The van der Waals surface area contributed by atoms with Crippen molar-refractivity contribution >= 4 is 45.7 Å². The van der Waals surface area contributed by atoms with Gasteiger partial charge in [0, 0.05) is 25.2 Å². The summed E-state index contributed by atoms with van der Waals surface area (Å²) in [5.41, 5.74) is 7.18. The number of imidazole rings is 2. The molecular weight excluding hydrogens is 757 g/mol. The van der Waals surface area contributed by atoms with Crippen molar-refractivity contribution in [1.29, 1.82) is 0 Å². The molecule has 0 radical (unpaired) electrons. The van der Waals surface area contributed by atoms with E-state index in [-0.39, 0.29) is 48.0 Å². The Bertz CT molecular complexity index is 2330. The number of anilines is 1. The Hall–Kier alpha value is -5.59. The summed E-state index contributed by atoms with van der Waals surface area (Å²) in [6.45, 7) is 13.5. The fourth-order valence-electron chi connectivity index (χ4n) is 9.63. The van der Waals surface area contributed by atoms with Crippen molar-refractivity contribution < 1.29 is 23.9 Å². The van der Waals surface area contributed by atoms with Crippen LogP contribution in [0.25, 0.3) is 22.1 Å². The minimum absolute atomic E-state index is 0.0262. The van der Waals surface area contributed by atoms with Crippen LogP contribution in [0.5, 0.6) is 5.75 Å². The zero-order valence-corrected chi connectivity index (χ0v) is 36.0. The molecule has 2 aromatic heterocycles. The number of amides is 3. The number of rotatable bonds is 12. The number of aromatic amines is 2. The lowest BCUT2D eigenvalue weighted by Crippen LogP contribution is -2.51. The molecule has 0 unspecified atom stereocenters. The van der Waals surface area contributed by atoms with Crippen molar-refractivity contribution in [2.75, 3.05) is 25.1 Å². The van der Waals surface area contributed by atoms with Gasteiger partial charge in [-0.1, -0.05) is 39.8 Å². The number of hydrogen-bond acceptors (Lipinski definition) is 8. The first-order valence-corrected chi connectivity index (χ1v) is 21.9. The molecule has 3 aliphatic heterocycles. The van der Waals surface area contributed by atoms with Gasteiger partial charge in [0.25, 0.3) is 0 Å². The van der Waals surface area contributed by atoms with Gasteiger partial charge in [-0.2, -0.15) is 0 Å². The van der Waals surface area contributed by atoms with Crippen molar-refractivity contribution in [3.63, 3.8) is 0 Å². The number of hydrogen-bond donors (Lipinski definition) is 3. The minimum atomic E-state index is -0.694. The van der Waals surface area contributed by atoms with Gasteiger partial charge in [-0.25, -0.2) is 14.8 Å². The average Bonchev–Trinajstić information content (AvgIpc) is 4.07. The number of carbonyl (C=O) groups excluding carboxylic acids is 3. The Morgan fingerprint density at radius 3 is 1.80 bits per heavy atom. The highest BCUT2D eigenvalue weighted by atomic mass is 16.5. The van der Waals surface area contributed by atoms with Gasteiger partial charge in [-0.3, -0.25) is 9.59 Å². The molecule has 0 aliphatic carbocycles. The largest absolute Gasteiger partial charge is 0.491 e. The monoisotopic (exact) mass is 816 g/mol. The summed E-state index contributed by atoms with van der Waals surface area (Å²) in [5.74, 6) is 2.75. The van der Waals surface area contributed by atoms with Crippen molar-refractivity contribution in [1.82, 2.24) is 35.1 Å². The van der Waals surface area contributed by atoms with Gasteiger partial charge >= 0.3 is 6.09 Å². The number of likely N-dealkylation sites (tertiary alicyclic amines) is 2. The maximum atomic E-state index is 13.8. The van der Waals surface area contributed by atoms with Crippen LogP contribution in [0.4, 0.5) is 10.5 Å². The molecule has 8 rings (SSSR count). The lowest BCUT2D eigenvalue weighted by molar-refractivity contribution is -0.135. The maximum absolute atomic E-state index is 13.8. The summed E-state index contributed by atoms with van der Waals surface area (Å²) in [7, 11) is 1.31. The van der Waals surface area contributed by atoms with E-state index >= 15 is 0 Å². The van der Waals surface area contributed by atoms with Crippen LogP contribution in [-0.2, 0) is 14.3 Å². The second-order valence-electron chi connectivity index (χ2n) is 17.9. The summed E-state index contributed by atoms with van der Waals surface area (Å²) in [4.78, 5) is 62.8. The van der Waals surface area contributed by atoms with Crippen LogP contribution in [-0.4, -0.2) is 80.0 Å². The number of nitrogens with zero attached hydrogens (tertiary/aromatic N) is 5. The van der Waals surface area contributed by atoms with Gasteiger partial charge in [0.05, 0.1) is 59.4 Å². The molecule has 3 aliphatic rings. The second-order valence-corrected chi connectivity index (χ2v) is 17.9. The normalized spacial score (nSPS) is 21.3. The van der Waals surface area contributed by atoms with Crippen LogP contribution < -0.4 is 15.0 Å². The molecule has 3 amide bonds. The van der Waals surface area contributed by atoms with E-state index in [0.29, 0.717) is 18.9 Å². The van der Waals surface area contributed by atoms with Crippen LogP contribution in [0.3, 0.4) is 0 Å². The lowest BCUT2D eigenvalue weighted by Gasteiger charge is -2.33. The summed E-state index contributed by atoms with van der Waals surface area (Å²) in [5, 5.41) is 2.74. The predicted molar refractivity (Wildman–Crippen MR) is 233 cm³/mol. The quantitative estimate of drug-likeness (QED) is 0.113. The van der Waals surface area contributed by atoms with E-state index in [1.807, 2.05) is 37.5 Å². The van der Waals surface area contributed by atoms with Gasteiger partial charge < -0.3 is 39.5 Å². The Kier molecular flexibility index (Phi) is 11.8. The molecular formula is C47H60N8O5. The molecule has 0 saturated carbocycles. The van der Waals surface area contributed by atoms with Crippen LogP contribution >= 0.6 is 0 Å². The number of aromatic nitrogens is 4. The van der Waals surface area contributed by atoms with E-state index < -0.39 is 12.1 Å². The number of alkyl carbamates (subject to hydrolysis) is 1.